The SMILES string of the molecule is Cc1cccc(CCCNc2nc(C)c(C(=O)N[C@@H](CNC(=O)c3cc(C)cc(OCCCC(C)(C)C)c3)C(=O)O)c(C)n2)c1. The average Bonchev–Trinajstić information content (AvgIpc) is 2.94. The summed E-state index contributed by atoms with van der Waals surface area (Å²) in [6, 6.07) is 12.2. The van der Waals surface area contributed by atoms with Crippen molar-refractivity contribution in [3.05, 3.63) is 81.7 Å². The van der Waals surface area contributed by atoms with Crippen molar-refractivity contribution in [1.82, 2.24) is 20.6 Å². The number of aryl methyl sites for hydroxylation is 5. The number of nitrogens with zero attached hydrogens (tertiary/aromatic N) is 2. The molecule has 0 spiro atoms. The van der Waals surface area contributed by atoms with Crippen LogP contribution in [0.4, 0.5) is 5.95 Å². The number of carboxylic acid groups (broad SMARTS) is 1. The minimum absolute atomic E-state index is 0.199. The number of hydrogen-bond acceptors (Lipinski definition) is 7. The Morgan fingerprint density at radius 1 is 0.911 bits per heavy atom. The van der Waals surface area contributed by atoms with Gasteiger partial charge in [0.1, 0.15) is 11.8 Å². The first-order chi connectivity index (χ1) is 21.2. The second kappa shape index (κ2) is 16.0. The van der Waals surface area contributed by atoms with Crippen molar-refractivity contribution < 1.29 is 24.2 Å². The van der Waals surface area contributed by atoms with Crippen molar-refractivity contribution in [3.8, 4) is 5.75 Å². The van der Waals surface area contributed by atoms with Crippen LogP contribution in [-0.4, -0.2) is 58.6 Å². The van der Waals surface area contributed by atoms with Gasteiger partial charge in [-0.25, -0.2) is 14.8 Å². The molecule has 45 heavy (non-hydrogen) atoms. The van der Waals surface area contributed by atoms with Crippen molar-refractivity contribution in [2.75, 3.05) is 25.0 Å². The van der Waals surface area contributed by atoms with Gasteiger partial charge >= 0.3 is 5.97 Å². The third kappa shape index (κ3) is 11.5. The maximum absolute atomic E-state index is 13.1. The number of carboxylic acids is 1. The molecule has 4 N–H and O–H groups in total. The molecule has 0 aliphatic rings. The maximum atomic E-state index is 13.1. The number of carbonyl (C=O) groups is 3. The lowest BCUT2D eigenvalue weighted by Gasteiger charge is -2.18. The summed E-state index contributed by atoms with van der Waals surface area (Å²) in [5, 5.41) is 18.1. The van der Waals surface area contributed by atoms with Gasteiger partial charge in [0.25, 0.3) is 11.8 Å². The number of rotatable bonds is 15. The fraction of sp³-hybridized carbons (Fsp3) is 0.457. The van der Waals surface area contributed by atoms with Gasteiger partial charge in [-0.1, -0.05) is 50.6 Å². The molecular weight excluding hydrogens is 570 g/mol. The van der Waals surface area contributed by atoms with Gasteiger partial charge < -0.3 is 25.8 Å². The highest BCUT2D eigenvalue weighted by Crippen LogP contribution is 2.22. The zero-order valence-corrected chi connectivity index (χ0v) is 27.5. The highest BCUT2D eigenvalue weighted by Gasteiger charge is 2.25. The summed E-state index contributed by atoms with van der Waals surface area (Å²) in [5.41, 5.74) is 4.93. The molecule has 0 aliphatic heterocycles. The molecule has 2 amide bonds. The van der Waals surface area contributed by atoms with E-state index in [4.69, 9.17) is 4.74 Å². The zero-order chi connectivity index (χ0) is 33.1. The molecule has 0 saturated heterocycles. The third-order valence-electron chi connectivity index (χ3n) is 7.23. The van der Waals surface area contributed by atoms with E-state index in [1.807, 2.05) is 19.1 Å². The minimum Gasteiger partial charge on any atom is -0.494 e. The van der Waals surface area contributed by atoms with Crippen LogP contribution in [-0.2, 0) is 11.2 Å². The summed E-state index contributed by atoms with van der Waals surface area (Å²) in [7, 11) is 0. The Bertz CT molecular complexity index is 1470. The number of amides is 2. The van der Waals surface area contributed by atoms with Crippen LogP contribution in [0.1, 0.15) is 88.8 Å². The van der Waals surface area contributed by atoms with Crippen LogP contribution < -0.4 is 20.7 Å². The molecule has 10 heteroatoms. The van der Waals surface area contributed by atoms with Crippen molar-refractivity contribution in [2.45, 2.75) is 80.2 Å². The lowest BCUT2D eigenvalue weighted by molar-refractivity contribution is -0.139. The fourth-order valence-corrected chi connectivity index (χ4v) is 4.97. The third-order valence-corrected chi connectivity index (χ3v) is 7.23. The number of carbonyl (C=O) groups excluding carboxylic acids is 2. The number of hydrogen-bond donors (Lipinski definition) is 4. The van der Waals surface area contributed by atoms with Gasteiger partial charge in [-0.3, -0.25) is 9.59 Å². The van der Waals surface area contributed by atoms with E-state index in [2.05, 4.69) is 71.8 Å². The Balaban J connectivity index is 1.56. The summed E-state index contributed by atoms with van der Waals surface area (Å²) in [5.74, 6) is -1.39. The molecule has 0 aliphatic carbocycles. The van der Waals surface area contributed by atoms with E-state index in [9.17, 15) is 19.5 Å². The van der Waals surface area contributed by atoms with Crippen LogP contribution >= 0.6 is 0 Å². The Morgan fingerprint density at radius 3 is 2.27 bits per heavy atom. The van der Waals surface area contributed by atoms with Crippen LogP contribution in [0.2, 0.25) is 0 Å². The quantitative estimate of drug-likeness (QED) is 0.162. The molecule has 0 saturated carbocycles. The average molecular weight is 618 g/mol. The Hall–Kier alpha value is -4.47. The molecule has 3 aromatic rings. The first-order valence-electron chi connectivity index (χ1n) is 15.4. The van der Waals surface area contributed by atoms with Crippen molar-refractivity contribution in [3.63, 3.8) is 0 Å². The molecule has 2 aromatic carbocycles. The molecular formula is C35H47N5O5. The molecule has 0 radical (unpaired) electrons. The second-order valence-corrected chi connectivity index (χ2v) is 12.7. The number of nitrogens with one attached hydrogen (secondary N) is 3. The van der Waals surface area contributed by atoms with Gasteiger partial charge in [-0.05, 0) is 88.1 Å². The summed E-state index contributed by atoms with van der Waals surface area (Å²) in [6.07, 6.45) is 3.69. The molecule has 0 bridgehead atoms. The summed E-state index contributed by atoms with van der Waals surface area (Å²) in [6.45, 7) is 14.7. The van der Waals surface area contributed by atoms with Gasteiger partial charge in [0.2, 0.25) is 5.95 Å². The van der Waals surface area contributed by atoms with Gasteiger partial charge in [-0.15, -0.1) is 0 Å². The Kier molecular flexibility index (Phi) is 12.5. The standard InChI is InChI=1S/C35H47N5O5/c1-22-11-8-12-26(17-22)13-9-15-36-34-38-24(3)30(25(4)39-34)32(42)40-29(33(43)44)21-37-31(41)27-18-23(2)19-28(20-27)45-16-10-14-35(5,6)7/h8,11-12,17-20,29H,9-10,13-16,21H2,1-7H3,(H,37,41)(H,40,42)(H,43,44)(H,36,38,39)/t29-/m0/s1. The van der Waals surface area contributed by atoms with Crippen LogP contribution in [0.3, 0.4) is 0 Å². The molecule has 0 unspecified atom stereocenters. The number of aromatic nitrogens is 2. The molecule has 1 atom stereocenters. The minimum atomic E-state index is -1.36. The first-order valence-corrected chi connectivity index (χ1v) is 15.4. The highest BCUT2D eigenvalue weighted by atomic mass is 16.5. The second-order valence-electron chi connectivity index (χ2n) is 12.7. The van der Waals surface area contributed by atoms with Crippen molar-refractivity contribution in [1.29, 1.82) is 0 Å². The van der Waals surface area contributed by atoms with Crippen molar-refractivity contribution >= 4 is 23.7 Å². The lowest BCUT2D eigenvalue weighted by Crippen LogP contribution is -2.48. The number of aliphatic carboxylic acids is 1. The van der Waals surface area contributed by atoms with E-state index in [1.54, 1.807) is 26.0 Å². The Morgan fingerprint density at radius 2 is 1.62 bits per heavy atom. The predicted octanol–water partition coefficient (Wildman–Crippen LogP) is 5.57. The van der Waals surface area contributed by atoms with Crippen molar-refractivity contribution in [2.24, 2.45) is 5.41 Å². The fourth-order valence-electron chi connectivity index (χ4n) is 4.97. The van der Waals surface area contributed by atoms with Crippen LogP contribution in [0, 0.1) is 33.1 Å². The van der Waals surface area contributed by atoms with E-state index in [1.165, 1.54) is 11.1 Å². The van der Waals surface area contributed by atoms with Gasteiger partial charge in [0.15, 0.2) is 0 Å². The molecule has 10 nitrogen and oxygen atoms in total. The number of anilines is 1. The van der Waals surface area contributed by atoms with Crippen LogP contribution in [0.25, 0.3) is 0 Å². The monoisotopic (exact) mass is 617 g/mol. The van der Waals surface area contributed by atoms with Crippen LogP contribution in [0.15, 0.2) is 42.5 Å². The zero-order valence-electron chi connectivity index (χ0n) is 27.5. The highest BCUT2D eigenvalue weighted by molar-refractivity contribution is 5.99. The van der Waals surface area contributed by atoms with Gasteiger partial charge in [0.05, 0.1) is 23.6 Å². The largest absolute Gasteiger partial charge is 0.494 e. The molecule has 1 aromatic heterocycles. The van der Waals surface area contributed by atoms with E-state index < -0.39 is 23.8 Å². The topological polar surface area (TPSA) is 143 Å². The van der Waals surface area contributed by atoms with Gasteiger partial charge in [0, 0.05) is 18.7 Å². The van der Waals surface area contributed by atoms with E-state index in [-0.39, 0.29) is 17.5 Å². The first kappa shape index (κ1) is 35.0. The summed E-state index contributed by atoms with van der Waals surface area (Å²) < 4.78 is 5.87. The number of benzene rings is 2. The summed E-state index contributed by atoms with van der Waals surface area (Å²) >= 11 is 0. The predicted molar refractivity (Wildman–Crippen MR) is 176 cm³/mol. The maximum Gasteiger partial charge on any atom is 0.328 e. The number of ether oxygens (including phenoxy) is 1. The van der Waals surface area contributed by atoms with Gasteiger partial charge in [-0.2, -0.15) is 0 Å². The molecule has 1 heterocycles. The van der Waals surface area contributed by atoms with E-state index >= 15 is 0 Å². The smallest absolute Gasteiger partial charge is 0.328 e. The van der Waals surface area contributed by atoms with E-state index in [0.29, 0.717) is 41.8 Å². The molecule has 242 valence electrons. The molecule has 0 fully saturated rings. The Labute approximate surface area is 266 Å². The summed E-state index contributed by atoms with van der Waals surface area (Å²) in [4.78, 5) is 46.9. The molecule has 3 rings (SSSR count). The lowest BCUT2D eigenvalue weighted by atomic mass is 9.91. The van der Waals surface area contributed by atoms with E-state index in [0.717, 1.165) is 31.2 Å². The normalized spacial score (nSPS) is 11.9. The van der Waals surface area contributed by atoms with Crippen LogP contribution in [0.5, 0.6) is 5.75 Å².